The molecule has 2 amide bonds. The summed E-state index contributed by atoms with van der Waals surface area (Å²) in [6, 6.07) is 1.72. The van der Waals surface area contributed by atoms with E-state index in [1.165, 1.54) is 0 Å². The van der Waals surface area contributed by atoms with Crippen molar-refractivity contribution in [1.82, 2.24) is 15.1 Å². The van der Waals surface area contributed by atoms with E-state index in [1.807, 2.05) is 17.7 Å². The number of carbonyl (C=O) groups excluding carboxylic acids is 1. The van der Waals surface area contributed by atoms with Crippen molar-refractivity contribution >= 4 is 11.8 Å². The van der Waals surface area contributed by atoms with E-state index in [-0.39, 0.29) is 12.1 Å². The Bertz CT molecular complexity index is 486. The van der Waals surface area contributed by atoms with Crippen LogP contribution < -0.4 is 10.6 Å². The molecule has 6 heteroatoms. The second-order valence-electron chi connectivity index (χ2n) is 5.93. The van der Waals surface area contributed by atoms with E-state index in [9.17, 15) is 9.90 Å². The molecule has 0 radical (unpaired) electrons. The van der Waals surface area contributed by atoms with E-state index in [2.05, 4.69) is 29.6 Å². The first-order chi connectivity index (χ1) is 10.0. The molecule has 1 aromatic heterocycles. The van der Waals surface area contributed by atoms with Gasteiger partial charge in [0.25, 0.3) is 0 Å². The van der Waals surface area contributed by atoms with Crippen LogP contribution in [0, 0.1) is 6.92 Å². The highest BCUT2D eigenvalue weighted by atomic mass is 16.3. The van der Waals surface area contributed by atoms with Crippen molar-refractivity contribution < 1.29 is 9.90 Å². The molecule has 0 saturated heterocycles. The molecule has 0 spiro atoms. The number of hydrogen-bond acceptors (Lipinski definition) is 3. The summed E-state index contributed by atoms with van der Waals surface area (Å²) in [5, 5.41) is 19.9. The molecule has 1 saturated carbocycles. The second kappa shape index (κ2) is 6.93. The first-order valence-electron chi connectivity index (χ1n) is 7.83. The highest BCUT2D eigenvalue weighted by Crippen LogP contribution is 2.19. The van der Waals surface area contributed by atoms with Crippen molar-refractivity contribution in [2.75, 3.05) is 5.32 Å². The summed E-state index contributed by atoms with van der Waals surface area (Å²) in [5.41, 5.74) is 1.03. The summed E-state index contributed by atoms with van der Waals surface area (Å²) in [4.78, 5) is 12.0. The van der Waals surface area contributed by atoms with Gasteiger partial charge in [-0.05, 0) is 33.1 Å². The Morgan fingerprint density at radius 1 is 1.52 bits per heavy atom. The molecule has 0 unspecified atom stereocenters. The van der Waals surface area contributed by atoms with Gasteiger partial charge in [-0.3, -0.25) is 10.00 Å². The van der Waals surface area contributed by atoms with Gasteiger partial charge in [0, 0.05) is 17.8 Å². The van der Waals surface area contributed by atoms with Crippen LogP contribution in [0.5, 0.6) is 0 Å². The summed E-state index contributed by atoms with van der Waals surface area (Å²) < 4.78 is 1.92. The maximum absolute atomic E-state index is 12.0. The molecule has 1 aromatic rings. The van der Waals surface area contributed by atoms with Crippen LogP contribution in [0.2, 0.25) is 0 Å². The zero-order valence-corrected chi connectivity index (χ0v) is 13.1. The van der Waals surface area contributed by atoms with Gasteiger partial charge in [-0.2, -0.15) is 5.10 Å². The Labute approximate surface area is 125 Å². The predicted octanol–water partition coefficient (Wildman–Crippen LogP) is 2.59. The molecule has 1 aliphatic rings. The summed E-state index contributed by atoms with van der Waals surface area (Å²) in [5.74, 6) is 0.551. The topological polar surface area (TPSA) is 79.2 Å². The van der Waals surface area contributed by atoms with Crippen molar-refractivity contribution in [3.8, 4) is 0 Å². The number of aryl methyl sites for hydroxylation is 1. The fourth-order valence-electron chi connectivity index (χ4n) is 2.77. The normalized spacial score (nSPS) is 23.6. The highest BCUT2D eigenvalue weighted by Gasteiger charge is 2.24. The van der Waals surface area contributed by atoms with Gasteiger partial charge < -0.3 is 10.4 Å². The third-order valence-electron chi connectivity index (χ3n) is 4.22. The summed E-state index contributed by atoms with van der Waals surface area (Å²) in [6.45, 7) is 6.19. The van der Waals surface area contributed by atoms with Crippen LogP contribution in [-0.4, -0.2) is 33.1 Å². The van der Waals surface area contributed by atoms with E-state index in [4.69, 9.17) is 0 Å². The molecule has 2 rings (SSSR count). The Balaban J connectivity index is 1.93. The molecule has 1 fully saturated rings. The third-order valence-corrected chi connectivity index (χ3v) is 4.22. The monoisotopic (exact) mass is 294 g/mol. The minimum atomic E-state index is -0.441. The lowest BCUT2D eigenvalue weighted by Gasteiger charge is -2.28. The molecular weight excluding hydrogens is 268 g/mol. The van der Waals surface area contributed by atoms with Gasteiger partial charge in [-0.15, -0.1) is 0 Å². The lowest BCUT2D eigenvalue weighted by molar-refractivity contribution is 0.0955. The molecule has 0 aromatic carbocycles. The van der Waals surface area contributed by atoms with Crippen LogP contribution in [0.15, 0.2) is 6.07 Å². The van der Waals surface area contributed by atoms with E-state index < -0.39 is 6.10 Å². The standard InChI is InChI=1S/C15H26N4O2/c1-4-10(2)19-11(3)9-14(18-19)17-15(21)16-12-7-5-6-8-13(12)20/h9-10,12-13,20H,4-8H2,1-3H3,(H2,16,17,18,21)/t10-,12+,13+/m1/s1. The van der Waals surface area contributed by atoms with Crippen molar-refractivity contribution in [1.29, 1.82) is 0 Å². The first-order valence-corrected chi connectivity index (χ1v) is 7.83. The number of carbonyl (C=O) groups is 1. The minimum Gasteiger partial charge on any atom is -0.391 e. The summed E-state index contributed by atoms with van der Waals surface area (Å²) >= 11 is 0. The van der Waals surface area contributed by atoms with Gasteiger partial charge in [0.05, 0.1) is 12.1 Å². The first kappa shape index (κ1) is 15.8. The molecule has 6 nitrogen and oxygen atoms in total. The van der Waals surface area contributed by atoms with E-state index in [0.29, 0.717) is 11.9 Å². The molecular formula is C15H26N4O2. The molecule has 3 N–H and O–H groups in total. The number of anilines is 1. The molecule has 1 heterocycles. The minimum absolute atomic E-state index is 0.156. The van der Waals surface area contributed by atoms with Gasteiger partial charge in [-0.1, -0.05) is 19.8 Å². The number of nitrogens with one attached hydrogen (secondary N) is 2. The second-order valence-corrected chi connectivity index (χ2v) is 5.93. The summed E-state index contributed by atoms with van der Waals surface area (Å²) in [6.07, 6.45) is 4.21. The smallest absolute Gasteiger partial charge is 0.320 e. The van der Waals surface area contributed by atoms with Crippen LogP contribution in [0.25, 0.3) is 0 Å². The lowest BCUT2D eigenvalue weighted by Crippen LogP contribution is -2.46. The van der Waals surface area contributed by atoms with E-state index >= 15 is 0 Å². The van der Waals surface area contributed by atoms with Crippen LogP contribution >= 0.6 is 0 Å². The maximum atomic E-state index is 12.0. The maximum Gasteiger partial charge on any atom is 0.320 e. The lowest BCUT2D eigenvalue weighted by atomic mass is 9.93. The Kier molecular flexibility index (Phi) is 5.22. The summed E-state index contributed by atoms with van der Waals surface area (Å²) in [7, 11) is 0. The fourth-order valence-corrected chi connectivity index (χ4v) is 2.77. The molecule has 0 bridgehead atoms. The van der Waals surface area contributed by atoms with E-state index in [1.54, 1.807) is 0 Å². The average Bonchev–Trinajstić information content (AvgIpc) is 2.81. The van der Waals surface area contributed by atoms with Gasteiger partial charge in [0.1, 0.15) is 0 Å². The number of hydrogen-bond donors (Lipinski definition) is 3. The zero-order chi connectivity index (χ0) is 15.4. The third kappa shape index (κ3) is 3.97. The van der Waals surface area contributed by atoms with Crippen LogP contribution in [-0.2, 0) is 0 Å². The van der Waals surface area contributed by atoms with E-state index in [0.717, 1.165) is 37.8 Å². The number of aliphatic hydroxyl groups is 1. The van der Waals surface area contributed by atoms with Crippen LogP contribution in [0.1, 0.15) is 57.7 Å². The Morgan fingerprint density at radius 2 is 2.24 bits per heavy atom. The van der Waals surface area contributed by atoms with Crippen LogP contribution in [0.3, 0.4) is 0 Å². The molecule has 1 aliphatic carbocycles. The van der Waals surface area contributed by atoms with Gasteiger partial charge in [0.15, 0.2) is 5.82 Å². The van der Waals surface area contributed by atoms with Gasteiger partial charge >= 0.3 is 6.03 Å². The highest BCUT2D eigenvalue weighted by molar-refractivity contribution is 5.88. The molecule has 0 aliphatic heterocycles. The number of aliphatic hydroxyl groups excluding tert-OH is 1. The van der Waals surface area contributed by atoms with Gasteiger partial charge in [0.2, 0.25) is 0 Å². The number of rotatable bonds is 4. The number of urea groups is 1. The number of aromatic nitrogens is 2. The Morgan fingerprint density at radius 3 is 2.90 bits per heavy atom. The zero-order valence-electron chi connectivity index (χ0n) is 13.1. The predicted molar refractivity (Wildman–Crippen MR) is 82.4 cm³/mol. The van der Waals surface area contributed by atoms with Crippen molar-refractivity contribution in [3.63, 3.8) is 0 Å². The van der Waals surface area contributed by atoms with Crippen LogP contribution in [0.4, 0.5) is 10.6 Å². The quantitative estimate of drug-likeness (QED) is 0.798. The van der Waals surface area contributed by atoms with Crippen molar-refractivity contribution in [2.45, 2.75) is 71.1 Å². The number of nitrogens with zero attached hydrogens (tertiary/aromatic N) is 2. The Hall–Kier alpha value is -1.56. The van der Waals surface area contributed by atoms with Crippen molar-refractivity contribution in [2.24, 2.45) is 0 Å². The molecule has 21 heavy (non-hydrogen) atoms. The fraction of sp³-hybridized carbons (Fsp3) is 0.733. The number of amides is 2. The largest absolute Gasteiger partial charge is 0.391 e. The van der Waals surface area contributed by atoms with Crippen molar-refractivity contribution in [3.05, 3.63) is 11.8 Å². The molecule has 118 valence electrons. The molecule has 3 atom stereocenters. The SMILES string of the molecule is CC[C@@H](C)n1nc(NC(=O)N[C@H]2CCCC[C@@H]2O)cc1C. The van der Waals surface area contributed by atoms with Gasteiger partial charge in [-0.25, -0.2) is 4.79 Å². The average molecular weight is 294 g/mol.